The number of rotatable bonds is 8. The van der Waals surface area contributed by atoms with E-state index in [1.807, 2.05) is 0 Å². The van der Waals surface area contributed by atoms with Crippen molar-refractivity contribution in [2.24, 2.45) is 5.92 Å². The van der Waals surface area contributed by atoms with E-state index in [0.29, 0.717) is 21.7 Å². The highest BCUT2D eigenvalue weighted by Gasteiger charge is 2.16. The van der Waals surface area contributed by atoms with E-state index in [9.17, 15) is 14.4 Å². The van der Waals surface area contributed by atoms with Crippen LogP contribution in [0.1, 0.15) is 54.6 Å². The molecule has 1 fully saturated rings. The lowest BCUT2D eigenvalue weighted by Crippen LogP contribution is -2.33. The molecule has 132 valence electrons. The highest BCUT2D eigenvalue weighted by Crippen LogP contribution is 2.23. The average molecular weight is 372 g/mol. The first-order valence-electron chi connectivity index (χ1n) is 8.25. The largest absolute Gasteiger partial charge is 0.456 e. The van der Waals surface area contributed by atoms with Gasteiger partial charge in [0.1, 0.15) is 0 Å². The van der Waals surface area contributed by atoms with E-state index >= 15 is 0 Å². The van der Waals surface area contributed by atoms with Gasteiger partial charge in [-0.2, -0.15) is 0 Å². The number of hydrogen-bond acceptors (Lipinski definition) is 5. The second-order valence-corrected chi connectivity index (χ2v) is 7.71. The molecule has 0 bridgehead atoms. The van der Waals surface area contributed by atoms with Crippen LogP contribution in [0.15, 0.2) is 12.1 Å². The van der Waals surface area contributed by atoms with Crippen LogP contribution in [0.2, 0.25) is 4.34 Å². The van der Waals surface area contributed by atoms with Crippen LogP contribution in [0, 0.1) is 5.92 Å². The lowest BCUT2D eigenvalue weighted by atomic mass is 9.89. The minimum Gasteiger partial charge on any atom is -0.456 e. The SMILES string of the molecule is O=C(COC(=O)CCC(=O)c1ccc(Cl)s1)NCC1CCCCC1. The number of amides is 1. The van der Waals surface area contributed by atoms with E-state index in [2.05, 4.69) is 5.32 Å². The first-order valence-corrected chi connectivity index (χ1v) is 9.45. The molecule has 1 heterocycles. The van der Waals surface area contributed by atoms with Crippen LogP contribution >= 0.6 is 22.9 Å². The van der Waals surface area contributed by atoms with Crippen LogP contribution in [0.3, 0.4) is 0 Å². The molecule has 24 heavy (non-hydrogen) atoms. The summed E-state index contributed by atoms with van der Waals surface area (Å²) in [6.45, 7) is 0.360. The zero-order valence-corrected chi connectivity index (χ0v) is 15.1. The van der Waals surface area contributed by atoms with Crippen LogP contribution in [0.25, 0.3) is 0 Å². The summed E-state index contributed by atoms with van der Waals surface area (Å²) in [5.74, 6) is -0.441. The number of esters is 1. The number of carbonyl (C=O) groups is 3. The molecule has 1 saturated carbocycles. The van der Waals surface area contributed by atoms with Crippen molar-refractivity contribution in [3.63, 3.8) is 0 Å². The van der Waals surface area contributed by atoms with Gasteiger partial charge in [0.05, 0.1) is 15.6 Å². The van der Waals surface area contributed by atoms with Gasteiger partial charge < -0.3 is 10.1 Å². The molecule has 1 aliphatic carbocycles. The van der Waals surface area contributed by atoms with Crippen molar-refractivity contribution in [3.05, 3.63) is 21.3 Å². The number of nitrogens with one attached hydrogen (secondary N) is 1. The Bertz CT molecular complexity index is 581. The molecule has 1 aromatic rings. The molecule has 0 spiro atoms. The van der Waals surface area contributed by atoms with Crippen molar-refractivity contribution >= 4 is 40.6 Å². The monoisotopic (exact) mass is 371 g/mol. The molecule has 1 amide bonds. The van der Waals surface area contributed by atoms with Gasteiger partial charge in [0.2, 0.25) is 0 Å². The number of Topliss-reactive ketones (excluding diaryl/α,β-unsaturated/α-hetero) is 1. The minimum atomic E-state index is -0.543. The molecule has 0 atom stereocenters. The predicted octanol–water partition coefficient (Wildman–Crippen LogP) is 3.60. The number of carbonyl (C=O) groups excluding carboxylic acids is 3. The van der Waals surface area contributed by atoms with Gasteiger partial charge in [-0.15, -0.1) is 11.3 Å². The molecule has 0 aliphatic heterocycles. The number of hydrogen-bond donors (Lipinski definition) is 1. The summed E-state index contributed by atoms with van der Waals surface area (Å²) in [6.07, 6.45) is 6.03. The van der Waals surface area contributed by atoms with Crippen molar-refractivity contribution in [2.45, 2.75) is 44.9 Å². The number of ketones is 1. The van der Waals surface area contributed by atoms with Crippen LogP contribution in [0.4, 0.5) is 0 Å². The Hall–Kier alpha value is -1.40. The van der Waals surface area contributed by atoms with Gasteiger partial charge in [-0.3, -0.25) is 14.4 Å². The lowest BCUT2D eigenvalue weighted by Gasteiger charge is -2.21. The van der Waals surface area contributed by atoms with Gasteiger partial charge in [0.15, 0.2) is 12.4 Å². The van der Waals surface area contributed by atoms with E-state index in [1.54, 1.807) is 12.1 Å². The second kappa shape index (κ2) is 9.79. The third-order valence-electron chi connectivity index (χ3n) is 4.08. The van der Waals surface area contributed by atoms with Gasteiger partial charge in [-0.25, -0.2) is 0 Å². The first kappa shape index (κ1) is 18.9. The summed E-state index contributed by atoms with van der Waals surface area (Å²) in [5.41, 5.74) is 0. The van der Waals surface area contributed by atoms with Gasteiger partial charge in [0, 0.05) is 13.0 Å². The fraction of sp³-hybridized carbons (Fsp3) is 0.588. The van der Waals surface area contributed by atoms with Gasteiger partial charge in [0.25, 0.3) is 5.91 Å². The highest BCUT2D eigenvalue weighted by molar-refractivity contribution is 7.18. The van der Waals surface area contributed by atoms with E-state index in [-0.39, 0.29) is 31.1 Å². The fourth-order valence-electron chi connectivity index (χ4n) is 2.72. The first-order chi connectivity index (χ1) is 11.5. The maximum atomic E-state index is 11.8. The number of thiophene rings is 1. The fourth-order valence-corrected chi connectivity index (χ4v) is 3.73. The summed E-state index contributed by atoms with van der Waals surface area (Å²) in [7, 11) is 0. The molecule has 7 heteroatoms. The normalized spacial score (nSPS) is 15.0. The quantitative estimate of drug-likeness (QED) is 0.559. The average Bonchev–Trinajstić information content (AvgIpc) is 3.03. The Kier molecular flexibility index (Phi) is 7.72. The molecule has 0 aromatic carbocycles. The van der Waals surface area contributed by atoms with Gasteiger partial charge in [-0.05, 0) is 30.9 Å². The van der Waals surface area contributed by atoms with Crippen molar-refractivity contribution in [1.29, 1.82) is 0 Å². The van der Waals surface area contributed by atoms with Crippen LogP contribution in [0.5, 0.6) is 0 Å². The Morgan fingerprint density at radius 2 is 1.92 bits per heavy atom. The molecular formula is C17H22ClNO4S. The Morgan fingerprint density at radius 3 is 2.58 bits per heavy atom. The maximum Gasteiger partial charge on any atom is 0.306 e. The van der Waals surface area contributed by atoms with E-state index in [0.717, 1.165) is 12.8 Å². The second-order valence-electron chi connectivity index (χ2n) is 6.00. The minimum absolute atomic E-state index is 0.0374. The van der Waals surface area contributed by atoms with Gasteiger partial charge in [-0.1, -0.05) is 30.9 Å². The number of halogens is 1. The molecular weight excluding hydrogens is 350 g/mol. The molecule has 0 saturated heterocycles. The van der Waals surface area contributed by atoms with Crippen molar-refractivity contribution < 1.29 is 19.1 Å². The van der Waals surface area contributed by atoms with Crippen LogP contribution in [-0.4, -0.2) is 30.8 Å². The van der Waals surface area contributed by atoms with Gasteiger partial charge >= 0.3 is 5.97 Å². The van der Waals surface area contributed by atoms with E-state index in [4.69, 9.17) is 16.3 Å². The Morgan fingerprint density at radius 1 is 1.17 bits per heavy atom. The predicted molar refractivity (Wildman–Crippen MR) is 93.4 cm³/mol. The number of ether oxygens (including phenoxy) is 1. The van der Waals surface area contributed by atoms with Crippen molar-refractivity contribution in [2.75, 3.05) is 13.2 Å². The molecule has 5 nitrogen and oxygen atoms in total. The van der Waals surface area contributed by atoms with Crippen LogP contribution in [-0.2, 0) is 14.3 Å². The molecule has 0 unspecified atom stereocenters. The molecule has 0 radical (unpaired) electrons. The Labute approximate surface area is 150 Å². The molecule has 1 aromatic heterocycles. The highest BCUT2D eigenvalue weighted by atomic mass is 35.5. The lowest BCUT2D eigenvalue weighted by molar-refractivity contribution is -0.148. The van der Waals surface area contributed by atoms with E-state index < -0.39 is 5.97 Å². The molecule has 1 aliphatic rings. The van der Waals surface area contributed by atoms with Crippen LogP contribution < -0.4 is 5.32 Å². The smallest absolute Gasteiger partial charge is 0.306 e. The third kappa shape index (κ3) is 6.61. The van der Waals surface area contributed by atoms with E-state index in [1.165, 1.54) is 30.6 Å². The molecule has 2 rings (SSSR count). The zero-order valence-electron chi connectivity index (χ0n) is 13.5. The summed E-state index contributed by atoms with van der Waals surface area (Å²) in [4.78, 5) is 35.7. The summed E-state index contributed by atoms with van der Waals surface area (Å²) in [5, 5.41) is 2.81. The third-order valence-corrected chi connectivity index (χ3v) is 5.35. The van der Waals surface area contributed by atoms with Crippen molar-refractivity contribution in [3.8, 4) is 0 Å². The maximum absolute atomic E-state index is 11.8. The summed E-state index contributed by atoms with van der Waals surface area (Å²) < 4.78 is 5.45. The Balaban J connectivity index is 1.58. The zero-order chi connectivity index (χ0) is 17.4. The topological polar surface area (TPSA) is 72.5 Å². The summed E-state index contributed by atoms with van der Waals surface area (Å²) >= 11 is 6.95. The summed E-state index contributed by atoms with van der Waals surface area (Å²) in [6, 6.07) is 3.29. The molecule has 1 N–H and O–H groups in total. The standard InChI is InChI=1S/C17H22ClNO4S/c18-15-8-7-14(24-15)13(20)6-9-17(22)23-11-16(21)19-10-12-4-2-1-3-5-12/h7-8,12H,1-6,9-11H2,(H,19,21). The van der Waals surface area contributed by atoms with Crippen molar-refractivity contribution in [1.82, 2.24) is 5.32 Å².